The van der Waals surface area contributed by atoms with Gasteiger partial charge in [0, 0.05) is 15.8 Å². The van der Waals surface area contributed by atoms with Crippen molar-refractivity contribution in [1.29, 1.82) is 0 Å². The topological polar surface area (TPSA) is 101 Å². The van der Waals surface area contributed by atoms with Crippen molar-refractivity contribution < 1.29 is 23.1 Å². The van der Waals surface area contributed by atoms with Crippen LogP contribution in [-0.2, 0) is 14.6 Å². The third-order valence-corrected chi connectivity index (χ3v) is 4.46. The molecule has 0 bridgehead atoms. The van der Waals surface area contributed by atoms with Gasteiger partial charge in [0.15, 0.2) is 0 Å². The Hall–Kier alpha value is -1.12. The molecule has 1 amide bonds. The average molecular weight is 399 g/mol. The second-order valence-electron chi connectivity index (χ2n) is 4.41. The Kier molecular flexibility index (Phi) is 6.18. The van der Waals surface area contributed by atoms with Gasteiger partial charge in [0.25, 0.3) is 5.91 Å². The summed E-state index contributed by atoms with van der Waals surface area (Å²) in [6.45, 7) is 0. The highest BCUT2D eigenvalue weighted by molar-refractivity contribution is 9.10. The fourth-order valence-electron chi connectivity index (χ4n) is 1.50. The summed E-state index contributed by atoms with van der Waals surface area (Å²) >= 11 is 8.95. The van der Waals surface area contributed by atoms with Crippen LogP contribution in [0.4, 0.5) is 0 Å². The number of amides is 1. The highest BCUT2D eigenvalue weighted by Gasteiger charge is 2.23. The molecule has 1 aromatic carbocycles. The maximum Gasteiger partial charge on any atom is 0.326 e. The first-order valence-electron chi connectivity index (χ1n) is 5.76. The molecule has 0 saturated heterocycles. The Balaban J connectivity index is 2.86. The molecule has 1 atom stereocenters. The molecule has 6 nitrogen and oxygen atoms in total. The molecule has 116 valence electrons. The van der Waals surface area contributed by atoms with Crippen molar-refractivity contribution in [2.75, 3.05) is 12.0 Å². The van der Waals surface area contributed by atoms with Gasteiger partial charge in [0.2, 0.25) is 0 Å². The van der Waals surface area contributed by atoms with Gasteiger partial charge in [0.1, 0.15) is 15.9 Å². The van der Waals surface area contributed by atoms with Gasteiger partial charge in [0.05, 0.1) is 11.3 Å². The quantitative estimate of drug-likeness (QED) is 0.760. The number of halogens is 2. The molecule has 0 fully saturated rings. The van der Waals surface area contributed by atoms with Gasteiger partial charge >= 0.3 is 5.97 Å². The zero-order valence-electron chi connectivity index (χ0n) is 11.0. The third-order valence-electron chi connectivity index (χ3n) is 2.55. The van der Waals surface area contributed by atoms with Crippen molar-refractivity contribution in [3.63, 3.8) is 0 Å². The minimum atomic E-state index is -3.31. The van der Waals surface area contributed by atoms with Crippen LogP contribution < -0.4 is 5.32 Å². The molecular formula is C12H13BrClNO5S. The van der Waals surface area contributed by atoms with E-state index in [-0.39, 0.29) is 17.7 Å². The Bertz CT molecular complexity index is 662. The van der Waals surface area contributed by atoms with E-state index in [4.69, 9.17) is 16.7 Å². The molecule has 9 heteroatoms. The minimum Gasteiger partial charge on any atom is -0.480 e. The van der Waals surface area contributed by atoms with E-state index in [0.717, 1.165) is 6.26 Å². The molecule has 0 aliphatic rings. The van der Waals surface area contributed by atoms with Crippen LogP contribution >= 0.6 is 27.5 Å². The first-order valence-corrected chi connectivity index (χ1v) is 9.00. The average Bonchev–Trinajstić information content (AvgIpc) is 2.35. The van der Waals surface area contributed by atoms with Crippen molar-refractivity contribution >= 4 is 49.2 Å². The Morgan fingerprint density at radius 3 is 2.57 bits per heavy atom. The number of benzene rings is 1. The largest absolute Gasteiger partial charge is 0.480 e. The maximum atomic E-state index is 12.0. The summed E-state index contributed by atoms with van der Waals surface area (Å²) in [5.74, 6) is -2.28. The van der Waals surface area contributed by atoms with Crippen LogP contribution in [0.3, 0.4) is 0 Å². The lowest BCUT2D eigenvalue weighted by Crippen LogP contribution is -2.42. The van der Waals surface area contributed by atoms with Gasteiger partial charge in [-0.1, -0.05) is 11.6 Å². The first kappa shape index (κ1) is 17.9. The third kappa shape index (κ3) is 6.03. The number of hydrogen-bond donors (Lipinski definition) is 2. The smallest absolute Gasteiger partial charge is 0.326 e. The molecule has 0 spiro atoms. The molecule has 0 heterocycles. The lowest BCUT2D eigenvalue weighted by Gasteiger charge is -2.14. The van der Waals surface area contributed by atoms with E-state index in [9.17, 15) is 18.0 Å². The summed E-state index contributed by atoms with van der Waals surface area (Å²) in [5.41, 5.74) is 0.174. The van der Waals surface area contributed by atoms with Gasteiger partial charge in [-0.3, -0.25) is 4.79 Å². The number of nitrogens with one attached hydrogen (secondary N) is 1. The summed E-state index contributed by atoms with van der Waals surface area (Å²) in [5, 5.41) is 11.6. The minimum absolute atomic E-state index is 0.174. The van der Waals surface area contributed by atoms with Crippen LogP contribution in [0.5, 0.6) is 0 Å². The fraction of sp³-hybridized carbons (Fsp3) is 0.333. The molecule has 0 saturated carbocycles. The molecule has 1 rings (SSSR count). The van der Waals surface area contributed by atoms with Crippen molar-refractivity contribution in [3.8, 4) is 0 Å². The zero-order chi connectivity index (χ0) is 16.2. The number of aliphatic carboxylic acids is 1. The predicted molar refractivity (Wildman–Crippen MR) is 82.4 cm³/mol. The van der Waals surface area contributed by atoms with E-state index in [1.807, 2.05) is 0 Å². The Labute approximate surface area is 135 Å². The van der Waals surface area contributed by atoms with Crippen LogP contribution in [0, 0.1) is 0 Å². The summed E-state index contributed by atoms with van der Waals surface area (Å²) in [4.78, 5) is 23.1. The van der Waals surface area contributed by atoms with E-state index >= 15 is 0 Å². The lowest BCUT2D eigenvalue weighted by molar-refractivity contribution is -0.139. The van der Waals surface area contributed by atoms with Gasteiger partial charge in [-0.15, -0.1) is 0 Å². The Morgan fingerprint density at radius 1 is 1.43 bits per heavy atom. The molecule has 0 radical (unpaired) electrons. The molecule has 1 aromatic rings. The maximum absolute atomic E-state index is 12.0. The predicted octanol–water partition coefficient (Wildman–Crippen LogP) is 1.72. The van der Waals surface area contributed by atoms with Gasteiger partial charge in [-0.05, 0) is 40.5 Å². The normalized spacial score (nSPS) is 12.7. The highest BCUT2D eigenvalue weighted by Crippen LogP contribution is 2.21. The number of sulfone groups is 1. The van der Waals surface area contributed by atoms with Gasteiger partial charge < -0.3 is 10.4 Å². The fourth-order valence-corrected chi connectivity index (χ4v) is 2.76. The molecule has 0 aromatic heterocycles. The Morgan fingerprint density at radius 2 is 2.05 bits per heavy atom. The number of carbonyl (C=O) groups is 2. The summed E-state index contributed by atoms with van der Waals surface area (Å²) < 4.78 is 22.6. The van der Waals surface area contributed by atoms with E-state index < -0.39 is 27.8 Å². The van der Waals surface area contributed by atoms with E-state index in [1.165, 1.54) is 6.07 Å². The second-order valence-corrected chi connectivity index (χ2v) is 7.96. The van der Waals surface area contributed by atoms with Crippen molar-refractivity contribution in [2.24, 2.45) is 0 Å². The monoisotopic (exact) mass is 397 g/mol. The molecular weight excluding hydrogens is 386 g/mol. The van der Waals surface area contributed by atoms with Gasteiger partial charge in [-0.2, -0.15) is 0 Å². The summed E-state index contributed by atoms with van der Waals surface area (Å²) in [7, 11) is -3.31. The number of hydrogen-bond acceptors (Lipinski definition) is 4. The molecule has 0 aliphatic heterocycles. The molecule has 0 aliphatic carbocycles. The van der Waals surface area contributed by atoms with Crippen LogP contribution in [0.1, 0.15) is 16.8 Å². The standard InChI is InChI=1S/C12H13BrClNO5S/c1-21(19,20)5-4-10(12(17)18)15-11(16)8-6-7(14)2-3-9(8)13/h2-3,6,10H,4-5H2,1H3,(H,15,16)(H,17,18). The van der Waals surface area contributed by atoms with Gasteiger partial charge in [-0.25, -0.2) is 13.2 Å². The van der Waals surface area contributed by atoms with Crippen LogP contribution in [0.15, 0.2) is 22.7 Å². The van der Waals surface area contributed by atoms with Crippen molar-refractivity contribution in [2.45, 2.75) is 12.5 Å². The SMILES string of the molecule is CS(=O)(=O)CCC(NC(=O)c1cc(Cl)ccc1Br)C(=O)O. The van der Waals surface area contributed by atoms with Crippen LogP contribution in [0.25, 0.3) is 0 Å². The van der Waals surface area contributed by atoms with Crippen molar-refractivity contribution in [1.82, 2.24) is 5.32 Å². The second kappa shape index (κ2) is 7.24. The summed E-state index contributed by atoms with van der Waals surface area (Å²) in [6.07, 6.45) is 0.791. The number of carbonyl (C=O) groups excluding carboxylic acids is 1. The zero-order valence-corrected chi connectivity index (χ0v) is 14.1. The number of carboxylic acid groups (broad SMARTS) is 1. The highest BCUT2D eigenvalue weighted by atomic mass is 79.9. The van der Waals surface area contributed by atoms with Crippen LogP contribution in [0.2, 0.25) is 5.02 Å². The van der Waals surface area contributed by atoms with Crippen LogP contribution in [-0.4, -0.2) is 43.5 Å². The van der Waals surface area contributed by atoms with E-state index in [0.29, 0.717) is 9.50 Å². The first-order chi connectivity index (χ1) is 9.60. The lowest BCUT2D eigenvalue weighted by atomic mass is 10.1. The molecule has 21 heavy (non-hydrogen) atoms. The summed E-state index contributed by atoms with van der Waals surface area (Å²) in [6, 6.07) is 3.22. The number of rotatable bonds is 6. The molecule has 2 N–H and O–H groups in total. The molecule has 1 unspecified atom stereocenters. The van der Waals surface area contributed by atoms with Crippen molar-refractivity contribution in [3.05, 3.63) is 33.3 Å². The number of carboxylic acids is 1. The van der Waals surface area contributed by atoms with E-state index in [2.05, 4.69) is 21.2 Å². The van der Waals surface area contributed by atoms with E-state index in [1.54, 1.807) is 12.1 Å².